The van der Waals surface area contributed by atoms with Crippen LogP contribution in [0.4, 0.5) is 5.69 Å². The summed E-state index contributed by atoms with van der Waals surface area (Å²) in [6.07, 6.45) is 5.89. The van der Waals surface area contributed by atoms with Gasteiger partial charge in [-0.15, -0.1) is 0 Å². The summed E-state index contributed by atoms with van der Waals surface area (Å²) in [5.41, 5.74) is 7.08. The number of carbonyl (C=O) groups is 1. The first-order valence-electron chi connectivity index (χ1n) is 6.52. The largest absolute Gasteiger partial charge is 0.397 e. The predicted octanol–water partition coefficient (Wildman–Crippen LogP) is 4.20. The van der Waals surface area contributed by atoms with Crippen LogP contribution in [0.2, 0.25) is 0 Å². The molecular weight excluding hydrogens is 372 g/mol. The van der Waals surface area contributed by atoms with E-state index >= 15 is 0 Å². The molecule has 1 saturated carbocycles. The first kappa shape index (κ1) is 14.9. The predicted molar refractivity (Wildman–Crippen MR) is 85.2 cm³/mol. The fraction of sp³-hybridized carbons (Fsp3) is 0.500. The van der Waals surface area contributed by atoms with E-state index in [1.54, 1.807) is 6.07 Å². The highest BCUT2D eigenvalue weighted by molar-refractivity contribution is 9.11. The van der Waals surface area contributed by atoms with Gasteiger partial charge >= 0.3 is 0 Å². The fourth-order valence-electron chi connectivity index (χ4n) is 2.59. The van der Waals surface area contributed by atoms with Gasteiger partial charge in [0.05, 0.1) is 11.3 Å². The fourth-order valence-corrected chi connectivity index (χ4v) is 3.81. The Balaban J connectivity index is 2.23. The van der Waals surface area contributed by atoms with Gasteiger partial charge in [-0.05, 0) is 40.9 Å². The number of rotatable bonds is 2. The molecule has 1 aromatic rings. The van der Waals surface area contributed by atoms with Gasteiger partial charge in [0.15, 0.2) is 0 Å². The molecule has 0 bridgehead atoms. The van der Waals surface area contributed by atoms with Gasteiger partial charge in [0.2, 0.25) is 0 Å². The van der Waals surface area contributed by atoms with E-state index in [1.807, 2.05) is 18.0 Å². The molecule has 0 aromatic heterocycles. The number of nitrogens with zero attached hydrogens (tertiary/aromatic N) is 1. The highest BCUT2D eigenvalue weighted by atomic mass is 79.9. The zero-order valence-electron chi connectivity index (χ0n) is 11.0. The van der Waals surface area contributed by atoms with E-state index in [0.29, 0.717) is 17.3 Å². The van der Waals surface area contributed by atoms with Crippen molar-refractivity contribution in [2.45, 2.75) is 38.1 Å². The van der Waals surface area contributed by atoms with Crippen LogP contribution in [0.1, 0.15) is 42.5 Å². The van der Waals surface area contributed by atoms with Gasteiger partial charge in [0, 0.05) is 22.0 Å². The smallest absolute Gasteiger partial charge is 0.256 e. The summed E-state index contributed by atoms with van der Waals surface area (Å²) in [5.74, 6) is 0.00593. The SMILES string of the molecule is CN(C(=O)c1cc(Br)cc(Br)c1N)C1CCCCC1. The van der Waals surface area contributed by atoms with Crippen LogP contribution in [0.25, 0.3) is 0 Å². The second kappa shape index (κ2) is 6.27. The van der Waals surface area contributed by atoms with Crippen LogP contribution in [0.3, 0.4) is 0 Å². The van der Waals surface area contributed by atoms with E-state index in [2.05, 4.69) is 31.9 Å². The lowest BCUT2D eigenvalue weighted by Gasteiger charge is -2.31. The van der Waals surface area contributed by atoms with Gasteiger partial charge < -0.3 is 10.6 Å². The minimum atomic E-state index is 0.00593. The van der Waals surface area contributed by atoms with Crippen molar-refractivity contribution in [1.82, 2.24) is 4.90 Å². The summed E-state index contributed by atoms with van der Waals surface area (Å²) >= 11 is 6.79. The first-order chi connectivity index (χ1) is 9.00. The molecule has 2 rings (SSSR count). The number of hydrogen-bond donors (Lipinski definition) is 1. The Morgan fingerprint density at radius 1 is 1.26 bits per heavy atom. The topological polar surface area (TPSA) is 46.3 Å². The van der Waals surface area contributed by atoms with Gasteiger partial charge in [-0.25, -0.2) is 0 Å². The number of carbonyl (C=O) groups excluding carboxylic acids is 1. The van der Waals surface area contributed by atoms with Crippen LogP contribution in [-0.4, -0.2) is 23.9 Å². The summed E-state index contributed by atoms with van der Waals surface area (Å²) in [6.45, 7) is 0. The molecule has 3 nitrogen and oxygen atoms in total. The Hall–Kier alpha value is -0.550. The molecule has 1 amide bonds. The Morgan fingerprint density at radius 3 is 2.53 bits per heavy atom. The molecule has 104 valence electrons. The molecule has 5 heteroatoms. The van der Waals surface area contributed by atoms with Crippen LogP contribution in [0.15, 0.2) is 21.1 Å². The number of amides is 1. The number of hydrogen-bond acceptors (Lipinski definition) is 2. The molecule has 1 aliphatic rings. The summed E-state index contributed by atoms with van der Waals surface area (Å²) in [7, 11) is 1.88. The summed E-state index contributed by atoms with van der Waals surface area (Å²) < 4.78 is 1.61. The summed E-state index contributed by atoms with van der Waals surface area (Å²) in [5, 5.41) is 0. The average Bonchev–Trinajstić information content (AvgIpc) is 2.42. The van der Waals surface area contributed by atoms with Crippen molar-refractivity contribution < 1.29 is 4.79 Å². The van der Waals surface area contributed by atoms with E-state index in [4.69, 9.17) is 5.73 Å². The molecular formula is C14H18Br2N2O. The van der Waals surface area contributed by atoms with E-state index in [9.17, 15) is 4.79 Å². The Labute approximate surface area is 130 Å². The van der Waals surface area contributed by atoms with Gasteiger partial charge in [-0.2, -0.15) is 0 Å². The van der Waals surface area contributed by atoms with Crippen LogP contribution in [0.5, 0.6) is 0 Å². The number of anilines is 1. The van der Waals surface area contributed by atoms with Crippen molar-refractivity contribution in [3.8, 4) is 0 Å². The molecule has 0 spiro atoms. The monoisotopic (exact) mass is 388 g/mol. The van der Waals surface area contributed by atoms with Crippen molar-refractivity contribution in [3.63, 3.8) is 0 Å². The van der Waals surface area contributed by atoms with E-state index in [1.165, 1.54) is 19.3 Å². The lowest BCUT2D eigenvalue weighted by Crippen LogP contribution is -2.38. The van der Waals surface area contributed by atoms with Crippen LogP contribution in [-0.2, 0) is 0 Å². The zero-order chi connectivity index (χ0) is 14.0. The maximum absolute atomic E-state index is 12.6. The maximum atomic E-state index is 12.6. The average molecular weight is 390 g/mol. The maximum Gasteiger partial charge on any atom is 0.256 e. The third-order valence-corrected chi connectivity index (χ3v) is 4.88. The van der Waals surface area contributed by atoms with E-state index in [-0.39, 0.29) is 5.91 Å². The Morgan fingerprint density at radius 2 is 1.89 bits per heavy atom. The van der Waals surface area contributed by atoms with Crippen LogP contribution in [0, 0.1) is 0 Å². The lowest BCUT2D eigenvalue weighted by molar-refractivity contribution is 0.0697. The summed E-state index contributed by atoms with van der Waals surface area (Å²) in [4.78, 5) is 14.4. The highest BCUT2D eigenvalue weighted by Gasteiger charge is 2.24. The molecule has 1 fully saturated rings. The van der Waals surface area contributed by atoms with Gasteiger partial charge in [-0.3, -0.25) is 4.79 Å². The second-order valence-electron chi connectivity index (χ2n) is 5.06. The molecule has 0 atom stereocenters. The van der Waals surface area contributed by atoms with Gasteiger partial charge in [0.25, 0.3) is 5.91 Å². The molecule has 0 aliphatic heterocycles. The highest BCUT2D eigenvalue weighted by Crippen LogP contribution is 2.30. The molecule has 1 aliphatic carbocycles. The first-order valence-corrected chi connectivity index (χ1v) is 8.11. The Kier molecular flexibility index (Phi) is 4.90. The van der Waals surface area contributed by atoms with E-state index < -0.39 is 0 Å². The molecule has 0 heterocycles. The molecule has 19 heavy (non-hydrogen) atoms. The van der Waals surface area contributed by atoms with E-state index in [0.717, 1.165) is 21.8 Å². The van der Waals surface area contributed by atoms with Crippen LogP contribution < -0.4 is 5.73 Å². The quantitative estimate of drug-likeness (QED) is 0.770. The van der Waals surface area contributed by atoms with Crippen molar-refractivity contribution in [2.24, 2.45) is 0 Å². The third kappa shape index (κ3) is 3.31. The summed E-state index contributed by atoms with van der Waals surface area (Å²) in [6, 6.07) is 3.99. The number of benzene rings is 1. The third-order valence-electron chi connectivity index (χ3n) is 3.77. The van der Waals surface area contributed by atoms with Gasteiger partial charge in [-0.1, -0.05) is 35.2 Å². The standard InChI is InChI=1S/C14H18Br2N2O/c1-18(10-5-3-2-4-6-10)14(19)11-7-9(15)8-12(16)13(11)17/h7-8,10H,2-6,17H2,1H3. The number of nitrogen functional groups attached to an aromatic ring is 1. The molecule has 0 radical (unpaired) electrons. The Bertz CT molecular complexity index is 485. The van der Waals surface area contributed by atoms with Gasteiger partial charge in [0.1, 0.15) is 0 Å². The van der Waals surface area contributed by atoms with Crippen molar-refractivity contribution in [1.29, 1.82) is 0 Å². The van der Waals surface area contributed by atoms with Crippen LogP contribution >= 0.6 is 31.9 Å². The second-order valence-corrected chi connectivity index (χ2v) is 6.83. The molecule has 2 N–H and O–H groups in total. The normalized spacial score (nSPS) is 16.4. The van der Waals surface area contributed by atoms with Crippen molar-refractivity contribution in [3.05, 3.63) is 26.6 Å². The molecule has 0 unspecified atom stereocenters. The minimum absolute atomic E-state index is 0.00593. The molecule has 1 aromatic carbocycles. The minimum Gasteiger partial charge on any atom is -0.397 e. The lowest BCUT2D eigenvalue weighted by atomic mass is 9.94. The van der Waals surface area contributed by atoms with Crippen molar-refractivity contribution in [2.75, 3.05) is 12.8 Å². The molecule has 0 saturated heterocycles. The number of nitrogens with two attached hydrogens (primary N) is 1. The van der Waals surface area contributed by atoms with Crippen molar-refractivity contribution >= 4 is 43.5 Å². The zero-order valence-corrected chi connectivity index (χ0v) is 14.1. The number of halogens is 2.